The Hall–Kier alpha value is -3.41. The summed E-state index contributed by atoms with van der Waals surface area (Å²) in [7, 11) is 0. The van der Waals surface area contributed by atoms with E-state index in [4.69, 9.17) is 4.52 Å². The van der Waals surface area contributed by atoms with Crippen LogP contribution in [-0.4, -0.2) is 20.8 Å². The lowest BCUT2D eigenvalue weighted by Gasteiger charge is -2.08. The molecule has 0 atom stereocenters. The molecule has 0 bridgehead atoms. The Morgan fingerprint density at radius 1 is 1.11 bits per heavy atom. The molecule has 27 heavy (non-hydrogen) atoms. The molecule has 0 aliphatic heterocycles. The van der Waals surface area contributed by atoms with Crippen molar-refractivity contribution in [2.45, 2.75) is 27.2 Å². The van der Waals surface area contributed by atoms with Gasteiger partial charge in [-0.05, 0) is 50.1 Å². The van der Waals surface area contributed by atoms with Crippen molar-refractivity contribution >= 4 is 22.7 Å². The zero-order valence-corrected chi connectivity index (χ0v) is 15.5. The molecule has 0 aliphatic rings. The molecule has 0 spiro atoms. The lowest BCUT2D eigenvalue weighted by molar-refractivity contribution is -0.115. The number of carbonyl (C=O) groups is 1. The molecule has 2 heterocycles. The second kappa shape index (κ2) is 6.72. The molecule has 136 valence electrons. The third-order valence-electron chi connectivity index (χ3n) is 4.40. The Morgan fingerprint density at radius 2 is 1.89 bits per heavy atom. The maximum Gasteiger partial charge on any atom is 0.231 e. The molecule has 1 N–H and O–H groups in total. The predicted octanol–water partition coefficient (Wildman–Crippen LogP) is 4.12. The summed E-state index contributed by atoms with van der Waals surface area (Å²) in [6, 6.07) is 15.6. The zero-order valence-electron chi connectivity index (χ0n) is 15.5. The Kier molecular flexibility index (Phi) is 4.24. The molecule has 2 aromatic heterocycles. The van der Waals surface area contributed by atoms with Gasteiger partial charge in [0.15, 0.2) is 5.58 Å². The highest BCUT2D eigenvalue weighted by Gasteiger charge is 2.16. The summed E-state index contributed by atoms with van der Waals surface area (Å²) in [6.07, 6.45) is 0.134. The van der Waals surface area contributed by atoms with Crippen LogP contribution in [0.15, 0.2) is 53.1 Å². The Labute approximate surface area is 156 Å². The number of nitrogens with one attached hydrogen (secondary N) is 1. The van der Waals surface area contributed by atoms with Gasteiger partial charge in [0.2, 0.25) is 5.91 Å². The van der Waals surface area contributed by atoms with Gasteiger partial charge in [-0.25, -0.2) is 4.68 Å². The van der Waals surface area contributed by atoms with Gasteiger partial charge in [-0.1, -0.05) is 29.4 Å². The van der Waals surface area contributed by atoms with Crippen LogP contribution >= 0.6 is 0 Å². The largest absolute Gasteiger partial charge is 0.356 e. The molecule has 0 aliphatic carbocycles. The normalized spacial score (nSPS) is 11.1. The van der Waals surface area contributed by atoms with Crippen molar-refractivity contribution in [2.24, 2.45) is 0 Å². The number of amides is 1. The molecule has 0 radical (unpaired) electrons. The molecule has 4 rings (SSSR count). The van der Waals surface area contributed by atoms with E-state index in [1.165, 1.54) is 0 Å². The van der Waals surface area contributed by atoms with Gasteiger partial charge in [0, 0.05) is 11.5 Å². The number of para-hydroxylation sites is 1. The van der Waals surface area contributed by atoms with Crippen LogP contribution < -0.4 is 5.32 Å². The second-order valence-electron chi connectivity index (χ2n) is 6.73. The maximum absolute atomic E-state index is 12.7. The van der Waals surface area contributed by atoms with E-state index >= 15 is 0 Å². The SMILES string of the molecule is Cc1cc(C)c2onc(CC(=O)Nc3cc(C)nn3-c3ccccc3)c2c1. The van der Waals surface area contributed by atoms with Crippen LogP contribution in [0.2, 0.25) is 0 Å². The third-order valence-corrected chi connectivity index (χ3v) is 4.40. The molecule has 0 saturated heterocycles. The van der Waals surface area contributed by atoms with E-state index in [9.17, 15) is 4.79 Å². The third kappa shape index (κ3) is 3.33. The highest BCUT2D eigenvalue weighted by molar-refractivity contribution is 5.94. The first kappa shape index (κ1) is 17.0. The van der Waals surface area contributed by atoms with Crippen molar-refractivity contribution in [3.8, 4) is 5.69 Å². The summed E-state index contributed by atoms with van der Waals surface area (Å²) in [4.78, 5) is 12.7. The standard InChI is InChI=1S/C21H20N4O2/c1-13-9-14(2)21-17(10-13)18(24-27-21)12-20(26)22-19-11-15(3)23-25(19)16-7-5-4-6-8-16/h4-11H,12H2,1-3H3,(H,22,26). The molecule has 6 nitrogen and oxygen atoms in total. The van der Waals surface area contributed by atoms with Crippen LogP contribution in [0.4, 0.5) is 5.82 Å². The van der Waals surface area contributed by atoms with E-state index in [2.05, 4.69) is 15.6 Å². The van der Waals surface area contributed by atoms with Gasteiger partial charge in [0.1, 0.15) is 11.5 Å². The van der Waals surface area contributed by atoms with Crippen molar-refractivity contribution in [3.05, 3.63) is 71.0 Å². The highest BCUT2D eigenvalue weighted by atomic mass is 16.5. The van der Waals surface area contributed by atoms with Gasteiger partial charge in [-0.2, -0.15) is 5.10 Å². The smallest absolute Gasteiger partial charge is 0.231 e. The topological polar surface area (TPSA) is 73.0 Å². The summed E-state index contributed by atoms with van der Waals surface area (Å²) < 4.78 is 7.16. The van der Waals surface area contributed by atoms with Gasteiger partial charge >= 0.3 is 0 Å². The number of aryl methyl sites for hydroxylation is 3. The van der Waals surface area contributed by atoms with E-state index in [0.29, 0.717) is 11.5 Å². The van der Waals surface area contributed by atoms with E-state index in [1.807, 2.05) is 69.3 Å². The Morgan fingerprint density at radius 3 is 2.67 bits per heavy atom. The Balaban J connectivity index is 1.60. The highest BCUT2D eigenvalue weighted by Crippen LogP contribution is 2.24. The minimum atomic E-state index is -0.165. The number of rotatable bonds is 4. The number of hydrogen-bond donors (Lipinski definition) is 1. The van der Waals surface area contributed by atoms with Crippen LogP contribution in [0, 0.1) is 20.8 Å². The lowest BCUT2D eigenvalue weighted by Crippen LogP contribution is -2.17. The van der Waals surface area contributed by atoms with Crippen LogP contribution in [0.5, 0.6) is 0 Å². The first-order valence-electron chi connectivity index (χ1n) is 8.79. The van der Waals surface area contributed by atoms with Crippen LogP contribution in [0.3, 0.4) is 0 Å². The number of anilines is 1. The zero-order chi connectivity index (χ0) is 19.0. The molecule has 0 fully saturated rings. The van der Waals surface area contributed by atoms with Crippen LogP contribution in [-0.2, 0) is 11.2 Å². The minimum absolute atomic E-state index is 0.134. The second-order valence-corrected chi connectivity index (χ2v) is 6.73. The fourth-order valence-electron chi connectivity index (χ4n) is 3.26. The molecule has 0 saturated carbocycles. The number of aromatic nitrogens is 3. The van der Waals surface area contributed by atoms with Gasteiger partial charge in [0.25, 0.3) is 0 Å². The molecule has 6 heteroatoms. The van der Waals surface area contributed by atoms with Crippen molar-refractivity contribution in [3.63, 3.8) is 0 Å². The van der Waals surface area contributed by atoms with Gasteiger partial charge in [-0.3, -0.25) is 4.79 Å². The number of benzene rings is 2. The molecule has 0 unspecified atom stereocenters. The average Bonchev–Trinajstić information content (AvgIpc) is 3.19. The number of hydrogen-bond acceptors (Lipinski definition) is 4. The lowest BCUT2D eigenvalue weighted by atomic mass is 10.1. The number of nitrogens with zero attached hydrogens (tertiary/aromatic N) is 3. The maximum atomic E-state index is 12.7. The summed E-state index contributed by atoms with van der Waals surface area (Å²) in [5, 5.41) is 12.4. The monoisotopic (exact) mass is 360 g/mol. The van der Waals surface area contributed by atoms with Crippen molar-refractivity contribution < 1.29 is 9.32 Å². The molecule has 2 aromatic carbocycles. The van der Waals surface area contributed by atoms with Gasteiger partial charge in [-0.15, -0.1) is 0 Å². The van der Waals surface area contributed by atoms with Gasteiger partial charge in [0.05, 0.1) is 17.8 Å². The number of fused-ring (bicyclic) bond motifs is 1. The average molecular weight is 360 g/mol. The molecular weight excluding hydrogens is 340 g/mol. The summed E-state index contributed by atoms with van der Waals surface area (Å²) >= 11 is 0. The van der Waals surface area contributed by atoms with Crippen LogP contribution in [0.25, 0.3) is 16.7 Å². The first-order valence-corrected chi connectivity index (χ1v) is 8.79. The summed E-state index contributed by atoms with van der Waals surface area (Å²) in [5.41, 5.74) is 5.21. The van der Waals surface area contributed by atoms with E-state index in [0.717, 1.165) is 33.5 Å². The van der Waals surface area contributed by atoms with Gasteiger partial charge < -0.3 is 9.84 Å². The fourth-order valence-corrected chi connectivity index (χ4v) is 3.26. The summed E-state index contributed by atoms with van der Waals surface area (Å²) in [5.74, 6) is 0.463. The first-order chi connectivity index (χ1) is 13.0. The number of carbonyl (C=O) groups excluding carboxylic acids is 1. The fraction of sp³-hybridized carbons (Fsp3) is 0.190. The summed E-state index contributed by atoms with van der Waals surface area (Å²) in [6.45, 7) is 5.89. The van der Waals surface area contributed by atoms with E-state index < -0.39 is 0 Å². The van der Waals surface area contributed by atoms with Crippen molar-refractivity contribution in [1.29, 1.82) is 0 Å². The van der Waals surface area contributed by atoms with E-state index in [-0.39, 0.29) is 12.3 Å². The molecule has 1 amide bonds. The predicted molar refractivity (Wildman–Crippen MR) is 104 cm³/mol. The minimum Gasteiger partial charge on any atom is -0.356 e. The quantitative estimate of drug-likeness (QED) is 0.594. The molecule has 4 aromatic rings. The van der Waals surface area contributed by atoms with Crippen molar-refractivity contribution in [1.82, 2.24) is 14.9 Å². The van der Waals surface area contributed by atoms with E-state index in [1.54, 1.807) is 4.68 Å². The molecular formula is C21H20N4O2. The van der Waals surface area contributed by atoms with Crippen LogP contribution in [0.1, 0.15) is 22.5 Å². The Bertz CT molecular complexity index is 1130. The van der Waals surface area contributed by atoms with Crippen molar-refractivity contribution in [2.75, 3.05) is 5.32 Å².